The number of rotatable bonds is 10. The Labute approximate surface area is 217 Å². The van der Waals surface area contributed by atoms with Crippen LogP contribution in [0.3, 0.4) is 0 Å². The summed E-state index contributed by atoms with van der Waals surface area (Å²) in [5.74, 6) is -0.495. The molecule has 0 fully saturated rings. The molecular formula is C30H35FN2O2S. The number of benzene rings is 2. The molecule has 1 aliphatic heterocycles. The van der Waals surface area contributed by atoms with Crippen molar-refractivity contribution < 1.29 is 14.0 Å². The Morgan fingerprint density at radius 1 is 1.00 bits per heavy atom. The molecule has 36 heavy (non-hydrogen) atoms. The maximum absolute atomic E-state index is 13.7. The Hall–Kier alpha value is -2.99. The molecule has 6 heteroatoms. The summed E-state index contributed by atoms with van der Waals surface area (Å²) < 4.78 is 13.6. The van der Waals surface area contributed by atoms with Gasteiger partial charge in [-0.25, -0.2) is 4.39 Å². The Morgan fingerprint density at radius 2 is 1.75 bits per heavy atom. The zero-order valence-electron chi connectivity index (χ0n) is 21.2. The van der Waals surface area contributed by atoms with Crippen molar-refractivity contribution in [3.63, 3.8) is 0 Å². The van der Waals surface area contributed by atoms with Gasteiger partial charge in [0.15, 0.2) is 0 Å². The number of hydrogen-bond acceptors (Lipinski definition) is 3. The van der Waals surface area contributed by atoms with E-state index in [2.05, 4.69) is 13.0 Å². The van der Waals surface area contributed by atoms with Crippen molar-refractivity contribution in [3.05, 3.63) is 92.9 Å². The molecule has 0 radical (unpaired) electrons. The molecule has 2 heterocycles. The van der Waals surface area contributed by atoms with Gasteiger partial charge in [-0.2, -0.15) is 0 Å². The van der Waals surface area contributed by atoms with Crippen LogP contribution in [0.5, 0.6) is 0 Å². The van der Waals surface area contributed by atoms with Crippen molar-refractivity contribution >= 4 is 23.2 Å². The van der Waals surface area contributed by atoms with Crippen LogP contribution in [-0.2, 0) is 17.6 Å². The molecule has 1 aliphatic rings. The van der Waals surface area contributed by atoms with Crippen LogP contribution in [0.1, 0.15) is 77.5 Å². The Kier molecular flexibility index (Phi) is 8.92. The smallest absolute Gasteiger partial charge is 0.254 e. The van der Waals surface area contributed by atoms with Crippen LogP contribution in [0.25, 0.3) is 0 Å². The molecule has 0 spiro atoms. The molecular weight excluding hydrogens is 471 g/mol. The van der Waals surface area contributed by atoms with E-state index < -0.39 is 0 Å². The third-order valence-corrected chi connectivity index (χ3v) is 7.85. The number of halogens is 1. The zero-order valence-corrected chi connectivity index (χ0v) is 22.0. The number of aryl methyl sites for hydroxylation is 1. The van der Waals surface area contributed by atoms with Crippen LogP contribution < -0.4 is 0 Å². The summed E-state index contributed by atoms with van der Waals surface area (Å²) in [5, 5.41) is 2.05. The van der Waals surface area contributed by atoms with Gasteiger partial charge in [-0.05, 0) is 78.1 Å². The molecule has 2 aromatic carbocycles. The second-order valence-corrected chi connectivity index (χ2v) is 10.5. The van der Waals surface area contributed by atoms with E-state index in [4.69, 9.17) is 0 Å². The molecule has 0 aliphatic carbocycles. The Bertz CT molecular complexity index is 1160. The maximum Gasteiger partial charge on any atom is 0.254 e. The minimum atomic E-state index is -0.297. The molecule has 0 bridgehead atoms. The van der Waals surface area contributed by atoms with E-state index in [1.165, 1.54) is 35.4 Å². The van der Waals surface area contributed by atoms with E-state index in [0.717, 1.165) is 36.8 Å². The standard InChI is InChI=1S/C30H35FN2O2S/c1-3-5-6-7-22-8-10-24(11-9-22)30(35)32(18-4-2)21-28(34)33-19-16-27-26(17-20-36-27)29(33)23-12-14-25(31)15-13-23/h8-15,17,20,29H,3-7,16,18-19,21H2,1-2H3/t29-/m1/s1. The van der Waals surface area contributed by atoms with Crippen LogP contribution in [0, 0.1) is 5.82 Å². The van der Waals surface area contributed by atoms with Crippen LogP contribution in [0.4, 0.5) is 4.39 Å². The fourth-order valence-corrected chi connectivity index (χ4v) is 5.85. The normalized spacial score (nSPS) is 15.0. The van der Waals surface area contributed by atoms with E-state index in [1.807, 2.05) is 41.5 Å². The van der Waals surface area contributed by atoms with Gasteiger partial charge >= 0.3 is 0 Å². The summed E-state index contributed by atoms with van der Waals surface area (Å²) in [6.45, 7) is 5.33. The quantitative estimate of drug-likeness (QED) is 0.289. The lowest BCUT2D eigenvalue weighted by molar-refractivity contribution is -0.134. The molecule has 190 valence electrons. The first-order valence-corrected chi connectivity index (χ1v) is 13.9. The van der Waals surface area contributed by atoms with Crippen molar-refractivity contribution in [1.29, 1.82) is 0 Å². The second kappa shape index (κ2) is 12.3. The molecule has 1 atom stereocenters. The van der Waals surface area contributed by atoms with Gasteiger partial charge in [-0.15, -0.1) is 11.3 Å². The highest BCUT2D eigenvalue weighted by atomic mass is 32.1. The number of hydrogen-bond donors (Lipinski definition) is 0. The number of carbonyl (C=O) groups excluding carboxylic acids is 2. The van der Waals surface area contributed by atoms with E-state index in [-0.39, 0.29) is 30.2 Å². The first-order chi connectivity index (χ1) is 17.5. The van der Waals surface area contributed by atoms with Crippen molar-refractivity contribution in [1.82, 2.24) is 9.80 Å². The van der Waals surface area contributed by atoms with Crippen molar-refractivity contribution in [2.24, 2.45) is 0 Å². The lowest BCUT2D eigenvalue weighted by Gasteiger charge is -2.37. The van der Waals surface area contributed by atoms with Gasteiger partial charge < -0.3 is 9.80 Å². The molecule has 2 amide bonds. The molecule has 4 rings (SSSR count). The number of nitrogens with zero attached hydrogens (tertiary/aromatic N) is 2. The maximum atomic E-state index is 13.7. The summed E-state index contributed by atoms with van der Waals surface area (Å²) in [6.07, 6.45) is 6.11. The summed E-state index contributed by atoms with van der Waals surface area (Å²) in [7, 11) is 0. The minimum Gasteiger partial charge on any atom is -0.330 e. The fourth-order valence-electron chi connectivity index (χ4n) is 4.94. The minimum absolute atomic E-state index is 0.0299. The van der Waals surface area contributed by atoms with Gasteiger partial charge in [0.05, 0.1) is 6.04 Å². The third kappa shape index (κ3) is 6.04. The fraction of sp³-hybridized carbons (Fsp3) is 0.400. The monoisotopic (exact) mass is 506 g/mol. The highest BCUT2D eigenvalue weighted by Gasteiger charge is 2.34. The predicted octanol–water partition coefficient (Wildman–Crippen LogP) is 6.65. The SMILES string of the molecule is CCCCCc1ccc(C(=O)N(CCC)CC(=O)N2CCc3sccc3[C@H]2c2ccc(F)cc2)cc1. The number of thiophene rings is 1. The van der Waals surface area contributed by atoms with E-state index in [1.54, 1.807) is 28.4 Å². The number of fused-ring (bicyclic) bond motifs is 1. The molecule has 0 saturated carbocycles. The van der Waals surface area contributed by atoms with Crippen LogP contribution in [-0.4, -0.2) is 41.2 Å². The number of carbonyl (C=O) groups is 2. The van der Waals surface area contributed by atoms with Crippen LogP contribution >= 0.6 is 11.3 Å². The summed E-state index contributed by atoms with van der Waals surface area (Å²) >= 11 is 1.70. The molecule has 0 unspecified atom stereocenters. The van der Waals surface area contributed by atoms with Crippen LogP contribution in [0.15, 0.2) is 60.0 Å². The van der Waals surface area contributed by atoms with E-state index >= 15 is 0 Å². The van der Waals surface area contributed by atoms with Gasteiger partial charge in [-0.3, -0.25) is 9.59 Å². The lowest BCUT2D eigenvalue weighted by Crippen LogP contribution is -2.47. The van der Waals surface area contributed by atoms with Crippen molar-refractivity contribution in [2.45, 2.75) is 58.4 Å². The molecule has 0 saturated heterocycles. The van der Waals surface area contributed by atoms with Gasteiger partial charge in [0, 0.05) is 23.5 Å². The molecule has 4 nitrogen and oxygen atoms in total. The third-order valence-electron chi connectivity index (χ3n) is 6.85. The van der Waals surface area contributed by atoms with Gasteiger partial charge in [0.25, 0.3) is 5.91 Å². The molecule has 0 N–H and O–H groups in total. The topological polar surface area (TPSA) is 40.6 Å². The highest BCUT2D eigenvalue weighted by Crippen LogP contribution is 2.38. The van der Waals surface area contributed by atoms with E-state index in [0.29, 0.717) is 18.7 Å². The number of amides is 2. The zero-order chi connectivity index (χ0) is 25.5. The van der Waals surface area contributed by atoms with Gasteiger partial charge in [0.2, 0.25) is 5.91 Å². The number of unbranched alkanes of at least 4 members (excludes halogenated alkanes) is 2. The summed E-state index contributed by atoms with van der Waals surface area (Å²) in [6, 6.07) is 16.0. The van der Waals surface area contributed by atoms with Crippen LogP contribution in [0.2, 0.25) is 0 Å². The second-order valence-electron chi connectivity index (χ2n) is 9.47. The summed E-state index contributed by atoms with van der Waals surface area (Å²) in [5.41, 5.74) is 3.83. The highest BCUT2D eigenvalue weighted by molar-refractivity contribution is 7.10. The van der Waals surface area contributed by atoms with E-state index in [9.17, 15) is 14.0 Å². The van der Waals surface area contributed by atoms with Crippen molar-refractivity contribution in [3.8, 4) is 0 Å². The predicted molar refractivity (Wildman–Crippen MR) is 144 cm³/mol. The molecule has 3 aromatic rings. The lowest BCUT2D eigenvalue weighted by atomic mass is 9.93. The van der Waals surface area contributed by atoms with Gasteiger partial charge in [0.1, 0.15) is 12.4 Å². The Balaban J connectivity index is 1.51. The molecule has 1 aromatic heterocycles. The average Bonchev–Trinajstić information content (AvgIpc) is 3.37. The van der Waals surface area contributed by atoms with Gasteiger partial charge in [-0.1, -0.05) is 51.0 Å². The Morgan fingerprint density at radius 3 is 2.44 bits per heavy atom. The first kappa shape index (κ1) is 26.1. The average molecular weight is 507 g/mol. The van der Waals surface area contributed by atoms with Crippen molar-refractivity contribution in [2.75, 3.05) is 19.6 Å². The largest absolute Gasteiger partial charge is 0.330 e. The first-order valence-electron chi connectivity index (χ1n) is 13.0. The summed E-state index contributed by atoms with van der Waals surface area (Å²) in [4.78, 5) is 31.8.